The Balaban J connectivity index is 1.75. The standard InChI is InChI=1S/C10H20FN3/c1-12-3-5-14(6-4-12)9-10(11)7-13(2)8-10/h3-9H2,1-2H3. The zero-order valence-corrected chi connectivity index (χ0v) is 9.17. The summed E-state index contributed by atoms with van der Waals surface area (Å²) in [5.41, 5.74) is -0.926. The van der Waals surface area contributed by atoms with Gasteiger partial charge >= 0.3 is 0 Å². The summed E-state index contributed by atoms with van der Waals surface area (Å²) in [7, 11) is 4.10. The third kappa shape index (κ3) is 2.24. The summed E-state index contributed by atoms with van der Waals surface area (Å²) in [5, 5.41) is 0. The molecule has 0 unspecified atom stereocenters. The molecule has 0 N–H and O–H groups in total. The summed E-state index contributed by atoms with van der Waals surface area (Å²) < 4.78 is 13.9. The molecular formula is C10H20FN3. The Kier molecular flexibility index (Phi) is 2.77. The zero-order chi connectivity index (χ0) is 10.2. The van der Waals surface area contributed by atoms with Gasteiger partial charge in [0.05, 0.1) is 0 Å². The number of hydrogen-bond donors (Lipinski definition) is 0. The molecule has 2 aliphatic heterocycles. The van der Waals surface area contributed by atoms with E-state index in [1.807, 2.05) is 11.9 Å². The van der Waals surface area contributed by atoms with Gasteiger partial charge in [-0.15, -0.1) is 0 Å². The first-order valence-electron chi connectivity index (χ1n) is 5.36. The summed E-state index contributed by atoms with van der Waals surface area (Å²) in [6.07, 6.45) is 0. The molecule has 2 heterocycles. The first-order chi connectivity index (χ1) is 6.57. The molecule has 2 fully saturated rings. The van der Waals surface area contributed by atoms with Crippen molar-refractivity contribution < 1.29 is 4.39 Å². The molecular weight excluding hydrogens is 181 g/mol. The van der Waals surface area contributed by atoms with Crippen molar-refractivity contribution >= 4 is 0 Å². The third-order valence-corrected chi connectivity index (χ3v) is 3.21. The van der Waals surface area contributed by atoms with E-state index in [-0.39, 0.29) is 0 Å². The van der Waals surface area contributed by atoms with Gasteiger partial charge in [-0.05, 0) is 14.1 Å². The van der Waals surface area contributed by atoms with E-state index in [1.54, 1.807) is 0 Å². The Morgan fingerprint density at radius 2 is 1.57 bits per heavy atom. The van der Waals surface area contributed by atoms with E-state index in [0.29, 0.717) is 19.6 Å². The van der Waals surface area contributed by atoms with Crippen molar-refractivity contribution in [1.82, 2.24) is 14.7 Å². The largest absolute Gasteiger partial charge is 0.304 e. The minimum Gasteiger partial charge on any atom is -0.304 e. The summed E-state index contributed by atoms with van der Waals surface area (Å²) in [5.74, 6) is 0. The number of hydrogen-bond acceptors (Lipinski definition) is 3. The van der Waals surface area contributed by atoms with Crippen LogP contribution in [0.2, 0.25) is 0 Å². The molecule has 0 aromatic heterocycles. The molecule has 0 radical (unpaired) electrons. The SMILES string of the molecule is CN1CCN(CC2(F)CN(C)C2)CC1. The molecule has 82 valence electrons. The highest BCUT2D eigenvalue weighted by Crippen LogP contribution is 2.25. The van der Waals surface area contributed by atoms with E-state index in [1.165, 1.54) is 0 Å². The highest BCUT2D eigenvalue weighted by Gasteiger charge is 2.42. The quantitative estimate of drug-likeness (QED) is 0.617. The molecule has 0 spiro atoms. The lowest BCUT2D eigenvalue weighted by atomic mass is 9.96. The molecule has 4 heteroatoms. The maximum Gasteiger partial charge on any atom is 0.148 e. The second-order valence-electron chi connectivity index (χ2n) is 4.90. The summed E-state index contributed by atoms with van der Waals surface area (Å²) in [6, 6.07) is 0. The monoisotopic (exact) mass is 201 g/mol. The predicted molar refractivity (Wildman–Crippen MR) is 55.3 cm³/mol. The van der Waals surface area contributed by atoms with Gasteiger partial charge < -0.3 is 4.90 Å². The molecule has 2 aliphatic rings. The molecule has 0 aliphatic carbocycles. The zero-order valence-electron chi connectivity index (χ0n) is 9.17. The Labute approximate surface area is 85.5 Å². The van der Waals surface area contributed by atoms with Gasteiger partial charge in [0.2, 0.25) is 0 Å². The average Bonchev–Trinajstić information content (AvgIpc) is 2.07. The van der Waals surface area contributed by atoms with Crippen molar-refractivity contribution in [3.8, 4) is 0 Å². The van der Waals surface area contributed by atoms with Crippen LogP contribution in [0.3, 0.4) is 0 Å². The van der Waals surface area contributed by atoms with E-state index >= 15 is 0 Å². The summed E-state index contributed by atoms with van der Waals surface area (Å²) >= 11 is 0. The van der Waals surface area contributed by atoms with Crippen LogP contribution in [0.25, 0.3) is 0 Å². The number of rotatable bonds is 2. The highest BCUT2D eigenvalue weighted by atomic mass is 19.1. The Bertz CT molecular complexity index is 196. The van der Waals surface area contributed by atoms with Gasteiger partial charge in [0, 0.05) is 45.8 Å². The number of likely N-dealkylation sites (tertiary alicyclic amines) is 1. The van der Waals surface area contributed by atoms with Crippen molar-refractivity contribution in [1.29, 1.82) is 0 Å². The second-order valence-corrected chi connectivity index (χ2v) is 4.90. The Morgan fingerprint density at radius 1 is 1.00 bits per heavy atom. The lowest BCUT2D eigenvalue weighted by Gasteiger charge is -2.46. The minimum atomic E-state index is -0.926. The van der Waals surface area contributed by atoms with Gasteiger partial charge in [-0.1, -0.05) is 0 Å². The summed E-state index contributed by atoms with van der Waals surface area (Å²) in [6.45, 7) is 6.04. The van der Waals surface area contributed by atoms with Crippen LogP contribution < -0.4 is 0 Å². The van der Waals surface area contributed by atoms with Crippen molar-refractivity contribution in [3.63, 3.8) is 0 Å². The smallest absolute Gasteiger partial charge is 0.148 e. The molecule has 0 atom stereocenters. The Morgan fingerprint density at radius 3 is 2.07 bits per heavy atom. The lowest BCUT2D eigenvalue weighted by molar-refractivity contribution is -0.0459. The first kappa shape index (κ1) is 10.3. The average molecular weight is 201 g/mol. The molecule has 14 heavy (non-hydrogen) atoms. The molecule has 0 aromatic rings. The highest BCUT2D eigenvalue weighted by molar-refractivity contribution is 4.97. The van der Waals surface area contributed by atoms with Crippen LogP contribution >= 0.6 is 0 Å². The predicted octanol–water partition coefficient (Wildman–Crippen LogP) is -0.112. The first-order valence-corrected chi connectivity index (χ1v) is 5.36. The molecule has 0 amide bonds. The number of likely N-dealkylation sites (N-methyl/N-ethyl adjacent to an activating group) is 1. The fourth-order valence-electron chi connectivity index (χ4n) is 2.43. The normalized spacial score (nSPS) is 30.2. The van der Waals surface area contributed by atoms with Gasteiger partial charge in [0.25, 0.3) is 0 Å². The van der Waals surface area contributed by atoms with Crippen LogP contribution in [-0.2, 0) is 0 Å². The molecule has 3 nitrogen and oxygen atoms in total. The minimum absolute atomic E-state index is 0.610. The van der Waals surface area contributed by atoms with Crippen LogP contribution in [0, 0.1) is 0 Å². The van der Waals surface area contributed by atoms with E-state index in [4.69, 9.17) is 0 Å². The molecule has 0 saturated carbocycles. The molecule has 2 rings (SSSR count). The second kappa shape index (κ2) is 3.76. The van der Waals surface area contributed by atoms with Crippen molar-refractivity contribution in [2.24, 2.45) is 0 Å². The summed E-state index contributed by atoms with van der Waals surface area (Å²) in [4.78, 5) is 6.59. The number of piperazine rings is 1. The van der Waals surface area contributed by atoms with E-state index in [0.717, 1.165) is 26.2 Å². The fraction of sp³-hybridized carbons (Fsp3) is 1.00. The van der Waals surface area contributed by atoms with Gasteiger partial charge in [-0.25, -0.2) is 4.39 Å². The van der Waals surface area contributed by atoms with Crippen LogP contribution in [-0.4, -0.2) is 80.3 Å². The Hall–Kier alpha value is -0.190. The molecule has 2 saturated heterocycles. The van der Waals surface area contributed by atoms with E-state index in [2.05, 4.69) is 16.8 Å². The van der Waals surface area contributed by atoms with E-state index < -0.39 is 5.67 Å². The third-order valence-electron chi connectivity index (χ3n) is 3.21. The number of halogens is 1. The van der Waals surface area contributed by atoms with Gasteiger partial charge in [0.15, 0.2) is 0 Å². The van der Waals surface area contributed by atoms with Crippen molar-refractivity contribution in [3.05, 3.63) is 0 Å². The van der Waals surface area contributed by atoms with Crippen LogP contribution in [0.1, 0.15) is 0 Å². The molecule has 0 aromatic carbocycles. The lowest BCUT2D eigenvalue weighted by Crippen LogP contribution is -2.63. The number of alkyl halides is 1. The van der Waals surface area contributed by atoms with Gasteiger partial charge in [-0.2, -0.15) is 0 Å². The van der Waals surface area contributed by atoms with Crippen molar-refractivity contribution in [2.45, 2.75) is 5.67 Å². The fourth-order valence-corrected chi connectivity index (χ4v) is 2.43. The van der Waals surface area contributed by atoms with Crippen molar-refractivity contribution in [2.75, 3.05) is 59.9 Å². The number of nitrogens with zero attached hydrogens (tertiary/aromatic N) is 3. The van der Waals surface area contributed by atoms with Crippen LogP contribution in [0.15, 0.2) is 0 Å². The van der Waals surface area contributed by atoms with E-state index in [9.17, 15) is 4.39 Å². The maximum absolute atomic E-state index is 13.9. The van der Waals surface area contributed by atoms with Gasteiger partial charge in [0.1, 0.15) is 5.67 Å². The van der Waals surface area contributed by atoms with Crippen LogP contribution in [0.4, 0.5) is 4.39 Å². The van der Waals surface area contributed by atoms with Crippen LogP contribution in [0.5, 0.6) is 0 Å². The van der Waals surface area contributed by atoms with Gasteiger partial charge in [-0.3, -0.25) is 9.80 Å². The molecule has 0 bridgehead atoms. The topological polar surface area (TPSA) is 9.72 Å². The maximum atomic E-state index is 13.9.